The quantitative estimate of drug-likeness (QED) is 0.623. The van der Waals surface area contributed by atoms with Gasteiger partial charge in [-0.2, -0.15) is 0 Å². The lowest BCUT2D eigenvalue weighted by atomic mass is 10.1. The minimum Gasteiger partial charge on any atom is -0.508 e. The van der Waals surface area contributed by atoms with Crippen LogP contribution in [-0.2, 0) is 0 Å². The Hall–Kier alpha value is -1.06. The van der Waals surface area contributed by atoms with Crippen molar-refractivity contribution in [1.29, 1.82) is 0 Å². The van der Waals surface area contributed by atoms with Gasteiger partial charge < -0.3 is 15.5 Å². The number of phenols is 1. The van der Waals surface area contributed by atoms with Crippen molar-refractivity contribution in [3.63, 3.8) is 0 Å². The summed E-state index contributed by atoms with van der Waals surface area (Å²) in [4.78, 5) is 0. The molecular formula is C11H17NO2. The number of hydrogen-bond acceptors (Lipinski definition) is 3. The lowest BCUT2D eigenvalue weighted by Gasteiger charge is -2.11. The van der Waals surface area contributed by atoms with Crippen LogP contribution in [0.3, 0.4) is 0 Å². The highest BCUT2D eigenvalue weighted by Crippen LogP contribution is 2.17. The molecule has 3 N–H and O–H groups in total. The highest BCUT2D eigenvalue weighted by Gasteiger charge is 2.06. The third kappa shape index (κ3) is 3.36. The molecule has 1 rings (SSSR count). The van der Waals surface area contributed by atoms with Gasteiger partial charge in [-0.05, 0) is 30.7 Å². The maximum Gasteiger partial charge on any atom is 0.115 e. The van der Waals surface area contributed by atoms with Crippen LogP contribution in [-0.4, -0.2) is 23.3 Å². The van der Waals surface area contributed by atoms with Crippen LogP contribution in [0.5, 0.6) is 5.75 Å². The van der Waals surface area contributed by atoms with E-state index in [0.717, 1.165) is 18.5 Å². The van der Waals surface area contributed by atoms with Crippen LogP contribution >= 0.6 is 0 Å². The van der Waals surface area contributed by atoms with Crippen molar-refractivity contribution in [2.24, 2.45) is 0 Å². The molecule has 0 radical (unpaired) electrons. The smallest absolute Gasteiger partial charge is 0.115 e. The van der Waals surface area contributed by atoms with E-state index < -0.39 is 6.10 Å². The molecule has 0 aromatic heterocycles. The molecule has 0 fully saturated rings. The molecule has 0 saturated carbocycles. The van der Waals surface area contributed by atoms with E-state index in [-0.39, 0.29) is 5.75 Å². The van der Waals surface area contributed by atoms with E-state index in [0.29, 0.717) is 6.54 Å². The third-order valence-corrected chi connectivity index (χ3v) is 2.02. The third-order valence-electron chi connectivity index (χ3n) is 2.02. The summed E-state index contributed by atoms with van der Waals surface area (Å²) in [7, 11) is 0. The van der Waals surface area contributed by atoms with Crippen molar-refractivity contribution >= 4 is 0 Å². The minimum atomic E-state index is -0.548. The monoisotopic (exact) mass is 195 g/mol. The first-order valence-corrected chi connectivity index (χ1v) is 4.91. The number of nitrogens with one attached hydrogen (secondary N) is 1. The van der Waals surface area contributed by atoms with E-state index in [2.05, 4.69) is 12.2 Å². The average Bonchev–Trinajstić information content (AvgIpc) is 2.18. The maximum absolute atomic E-state index is 9.70. The lowest BCUT2D eigenvalue weighted by Crippen LogP contribution is -2.21. The maximum atomic E-state index is 9.70. The van der Waals surface area contributed by atoms with Gasteiger partial charge in [0.15, 0.2) is 0 Å². The van der Waals surface area contributed by atoms with Gasteiger partial charge in [-0.1, -0.05) is 19.1 Å². The SMILES string of the molecule is CCCNCC(O)c1cccc(O)c1. The molecule has 0 aliphatic heterocycles. The van der Waals surface area contributed by atoms with E-state index in [4.69, 9.17) is 0 Å². The van der Waals surface area contributed by atoms with Crippen molar-refractivity contribution in [2.45, 2.75) is 19.4 Å². The number of phenolic OH excluding ortho intramolecular Hbond substituents is 1. The molecule has 0 spiro atoms. The standard InChI is InChI=1S/C11H17NO2/c1-2-6-12-8-11(14)9-4-3-5-10(13)7-9/h3-5,7,11-14H,2,6,8H2,1H3. The number of aromatic hydroxyl groups is 1. The van der Waals surface area contributed by atoms with Crippen molar-refractivity contribution in [1.82, 2.24) is 5.32 Å². The van der Waals surface area contributed by atoms with Gasteiger partial charge in [0.2, 0.25) is 0 Å². The van der Waals surface area contributed by atoms with E-state index in [1.807, 2.05) is 0 Å². The molecule has 1 aromatic rings. The second-order valence-electron chi connectivity index (χ2n) is 3.31. The van der Waals surface area contributed by atoms with Gasteiger partial charge in [-0.15, -0.1) is 0 Å². The van der Waals surface area contributed by atoms with Crippen LogP contribution in [0.4, 0.5) is 0 Å². The Morgan fingerprint density at radius 3 is 2.86 bits per heavy atom. The number of benzene rings is 1. The predicted molar refractivity (Wildman–Crippen MR) is 56.2 cm³/mol. The van der Waals surface area contributed by atoms with E-state index in [9.17, 15) is 10.2 Å². The van der Waals surface area contributed by atoms with E-state index in [1.165, 1.54) is 0 Å². The molecule has 0 amide bonds. The highest BCUT2D eigenvalue weighted by atomic mass is 16.3. The summed E-state index contributed by atoms with van der Waals surface area (Å²) in [5.74, 6) is 0.192. The molecule has 1 atom stereocenters. The van der Waals surface area contributed by atoms with Crippen LogP contribution in [0.15, 0.2) is 24.3 Å². The van der Waals surface area contributed by atoms with Crippen LogP contribution in [0.2, 0.25) is 0 Å². The van der Waals surface area contributed by atoms with Gasteiger partial charge in [0, 0.05) is 6.54 Å². The van der Waals surface area contributed by atoms with Gasteiger partial charge in [0.1, 0.15) is 5.75 Å². The molecule has 0 heterocycles. The molecule has 3 heteroatoms. The number of aliphatic hydroxyl groups excluding tert-OH is 1. The van der Waals surface area contributed by atoms with Crippen molar-refractivity contribution in [2.75, 3.05) is 13.1 Å². The normalized spacial score (nSPS) is 12.7. The van der Waals surface area contributed by atoms with E-state index >= 15 is 0 Å². The Morgan fingerprint density at radius 1 is 1.43 bits per heavy atom. The first-order valence-electron chi connectivity index (χ1n) is 4.91. The fourth-order valence-electron chi connectivity index (χ4n) is 1.27. The second-order valence-corrected chi connectivity index (χ2v) is 3.31. The fraction of sp³-hybridized carbons (Fsp3) is 0.455. The second kappa shape index (κ2) is 5.62. The summed E-state index contributed by atoms with van der Waals surface area (Å²) in [6.07, 6.45) is 0.501. The van der Waals surface area contributed by atoms with Crippen LogP contribution in [0, 0.1) is 0 Å². The summed E-state index contributed by atoms with van der Waals surface area (Å²) >= 11 is 0. The van der Waals surface area contributed by atoms with Crippen molar-refractivity contribution in [3.05, 3.63) is 29.8 Å². The zero-order valence-corrected chi connectivity index (χ0v) is 8.40. The van der Waals surface area contributed by atoms with Gasteiger partial charge in [-0.25, -0.2) is 0 Å². The summed E-state index contributed by atoms with van der Waals surface area (Å²) < 4.78 is 0. The number of hydrogen-bond donors (Lipinski definition) is 3. The Kier molecular flexibility index (Phi) is 4.43. The van der Waals surface area contributed by atoms with Crippen LogP contribution < -0.4 is 5.32 Å². The molecule has 0 bridgehead atoms. The Labute approximate surface area is 84.4 Å². The lowest BCUT2D eigenvalue weighted by molar-refractivity contribution is 0.174. The topological polar surface area (TPSA) is 52.5 Å². The Morgan fingerprint density at radius 2 is 2.21 bits per heavy atom. The molecular weight excluding hydrogens is 178 g/mol. The number of rotatable bonds is 5. The molecule has 0 aliphatic rings. The highest BCUT2D eigenvalue weighted by molar-refractivity contribution is 5.28. The zero-order valence-electron chi connectivity index (χ0n) is 8.40. The Bertz CT molecular complexity index is 276. The summed E-state index contributed by atoms with van der Waals surface area (Å²) in [6.45, 7) is 3.50. The molecule has 1 unspecified atom stereocenters. The van der Waals surface area contributed by atoms with E-state index in [1.54, 1.807) is 24.3 Å². The Balaban J connectivity index is 2.47. The van der Waals surface area contributed by atoms with Crippen LogP contribution in [0.1, 0.15) is 25.0 Å². The average molecular weight is 195 g/mol. The molecule has 3 nitrogen and oxygen atoms in total. The largest absolute Gasteiger partial charge is 0.508 e. The molecule has 78 valence electrons. The van der Waals surface area contributed by atoms with Gasteiger partial charge in [-0.3, -0.25) is 0 Å². The van der Waals surface area contributed by atoms with Crippen molar-refractivity contribution < 1.29 is 10.2 Å². The fourth-order valence-corrected chi connectivity index (χ4v) is 1.27. The van der Waals surface area contributed by atoms with Gasteiger partial charge in [0.25, 0.3) is 0 Å². The summed E-state index contributed by atoms with van der Waals surface area (Å²) in [5, 5.41) is 22.0. The molecule has 0 saturated heterocycles. The first kappa shape index (κ1) is 11.0. The van der Waals surface area contributed by atoms with Crippen LogP contribution in [0.25, 0.3) is 0 Å². The summed E-state index contributed by atoms with van der Waals surface area (Å²) in [5.41, 5.74) is 0.744. The van der Waals surface area contributed by atoms with Crippen molar-refractivity contribution in [3.8, 4) is 5.75 Å². The predicted octanol–water partition coefficient (Wildman–Crippen LogP) is 1.43. The van der Waals surface area contributed by atoms with Gasteiger partial charge in [0.05, 0.1) is 6.10 Å². The van der Waals surface area contributed by atoms with Gasteiger partial charge >= 0.3 is 0 Å². The zero-order chi connectivity index (χ0) is 10.4. The molecule has 0 aliphatic carbocycles. The minimum absolute atomic E-state index is 0.192. The number of aliphatic hydroxyl groups is 1. The summed E-state index contributed by atoms with van der Waals surface area (Å²) in [6, 6.07) is 6.71. The first-order chi connectivity index (χ1) is 6.74. The molecule has 14 heavy (non-hydrogen) atoms. The molecule has 1 aromatic carbocycles.